The fourth-order valence-corrected chi connectivity index (χ4v) is 1.58. The van der Waals surface area contributed by atoms with E-state index in [1.54, 1.807) is 0 Å². The molecule has 0 unspecified atom stereocenters. The highest BCUT2D eigenvalue weighted by Crippen LogP contribution is 2.17. The molecule has 0 saturated heterocycles. The molecule has 1 rings (SSSR count). The van der Waals surface area contributed by atoms with Crippen molar-refractivity contribution in [3.05, 3.63) is 27.4 Å². The molecule has 0 aliphatic carbocycles. The minimum Gasteiger partial charge on any atom is -0.346 e. The first-order valence-corrected chi connectivity index (χ1v) is 6.45. The summed E-state index contributed by atoms with van der Waals surface area (Å²) in [6, 6.07) is 0. The van der Waals surface area contributed by atoms with Gasteiger partial charge in [0.05, 0.1) is 18.8 Å². The van der Waals surface area contributed by atoms with Crippen molar-refractivity contribution >= 4 is 5.91 Å². The lowest BCUT2D eigenvalue weighted by atomic mass is 9.95. The van der Waals surface area contributed by atoms with Gasteiger partial charge in [-0.1, -0.05) is 20.8 Å². The molecule has 0 atom stereocenters. The Kier molecular flexibility index (Phi) is 4.83. The summed E-state index contributed by atoms with van der Waals surface area (Å²) in [5.41, 5.74) is 3.75. The van der Waals surface area contributed by atoms with Crippen LogP contribution in [0.25, 0.3) is 0 Å². The first-order chi connectivity index (χ1) is 9.48. The molecule has 8 heteroatoms. The molecule has 6 nitrogen and oxygen atoms in total. The highest BCUT2D eigenvalue weighted by molar-refractivity contribution is 5.94. The van der Waals surface area contributed by atoms with Gasteiger partial charge in [-0.3, -0.25) is 9.59 Å². The summed E-state index contributed by atoms with van der Waals surface area (Å²) in [4.78, 5) is 30.5. The van der Waals surface area contributed by atoms with E-state index >= 15 is 0 Å². The number of aromatic nitrogens is 2. The van der Waals surface area contributed by atoms with Crippen molar-refractivity contribution in [3.8, 4) is 0 Å². The summed E-state index contributed by atoms with van der Waals surface area (Å²) in [6.45, 7) is 5.23. The number of halogens is 2. The SMILES string of the molecule is Cc1nc(C(C)(C)C)[nH]c(=O)c1C(=O)NCC(F)(F)CN. The Morgan fingerprint density at radius 1 is 1.38 bits per heavy atom. The van der Waals surface area contributed by atoms with Gasteiger partial charge in [0, 0.05) is 5.41 Å². The normalized spacial score (nSPS) is 12.3. The zero-order valence-electron chi connectivity index (χ0n) is 12.5. The Balaban J connectivity index is 3.05. The number of amides is 1. The van der Waals surface area contributed by atoms with Crippen LogP contribution >= 0.6 is 0 Å². The van der Waals surface area contributed by atoms with Crippen LogP contribution in [0, 0.1) is 6.92 Å². The number of hydrogen-bond acceptors (Lipinski definition) is 4. The van der Waals surface area contributed by atoms with E-state index in [4.69, 9.17) is 5.73 Å². The molecule has 118 valence electrons. The summed E-state index contributed by atoms with van der Waals surface area (Å²) in [5.74, 6) is -3.68. The van der Waals surface area contributed by atoms with Gasteiger partial charge in [-0.2, -0.15) is 0 Å². The molecule has 1 heterocycles. The smallest absolute Gasteiger partial charge is 0.277 e. The van der Waals surface area contributed by atoms with Crippen LogP contribution in [0.15, 0.2) is 4.79 Å². The van der Waals surface area contributed by atoms with Gasteiger partial charge in [-0.05, 0) is 6.92 Å². The number of carbonyl (C=O) groups is 1. The van der Waals surface area contributed by atoms with Gasteiger partial charge in [0.2, 0.25) is 0 Å². The number of hydrogen-bond donors (Lipinski definition) is 3. The summed E-state index contributed by atoms with van der Waals surface area (Å²) < 4.78 is 26.0. The predicted octanol–water partition coefficient (Wildman–Crippen LogP) is 0.700. The van der Waals surface area contributed by atoms with E-state index in [2.05, 4.69) is 9.97 Å². The first-order valence-electron chi connectivity index (χ1n) is 6.45. The molecular formula is C13H20F2N4O2. The second kappa shape index (κ2) is 5.88. The molecule has 0 aliphatic rings. The Morgan fingerprint density at radius 3 is 2.38 bits per heavy atom. The molecule has 1 amide bonds. The van der Waals surface area contributed by atoms with Crippen LogP contribution < -0.4 is 16.6 Å². The van der Waals surface area contributed by atoms with Gasteiger partial charge < -0.3 is 16.0 Å². The monoisotopic (exact) mass is 302 g/mol. The Labute approximate surface area is 121 Å². The Bertz CT molecular complexity index is 591. The van der Waals surface area contributed by atoms with Crippen LogP contribution in [0.2, 0.25) is 0 Å². The van der Waals surface area contributed by atoms with Gasteiger partial charge in [-0.15, -0.1) is 0 Å². The van der Waals surface area contributed by atoms with Crippen LogP contribution in [0.1, 0.15) is 42.6 Å². The van der Waals surface area contributed by atoms with Crippen molar-refractivity contribution < 1.29 is 13.6 Å². The molecule has 0 spiro atoms. The standard InChI is InChI=1S/C13H20F2N4O2/c1-7-8(9(20)17-6-13(14,15)5-16)10(21)19-11(18-7)12(2,3)4/h5-6,16H2,1-4H3,(H,17,20)(H,18,19,21). The molecule has 21 heavy (non-hydrogen) atoms. The second-order valence-electron chi connectivity index (χ2n) is 5.87. The average molecular weight is 302 g/mol. The van der Waals surface area contributed by atoms with Crippen molar-refractivity contribution in [1.29, 1.82) is 0 Å². The lowest BCUT2D eigenvalue weighted by molar-refractivity contribution is 0.0118. The Morgan fingerprint density at radius 2 is 1.95 bits per heavy atom. The number of nitrogens with zero attached hydrogens (tertiary/aromatic N) is 1. The van der Waals surface area contributed by atoms with Gasteiger partial charge >= 0.3 is 0 Å². The van der Waals surface area contributed by atoms with E-state index in [0.717, 1.165) is 0 Å². The third-order valence-corrected chi connectivity index (χ3v) is 2.84. The fourth-order valence-electron chi connectivity index (χ4n) is 1.58. The van der Waals surface area contributed by atoms with E-state index in [1.807, 2.05) is 26.1 Å². The van der Waals surface area contributed by atoms with E-state index in [-0.39, 0.29) is 11.3 Å². The molecular weight excluding hydrogens is 282 g/mol. The third kappa shape index (κ3) is 4.32. The van der Waals surface area contributed by atoms with E-state index < -0.39 is 35.9 Å². The predicted molar refractivity (Wildman–Crippen MR) is 74.6 cm³/mol. The molecule has 0 fully saturated rings. The number of aromatic amines is 1. The number of alkyl halides is 2. The Hall–Kier alpha value is -1.83. The van der Waals surface area contributed by atoms with E-state index in [9.17, 15) is 18.4 Å². The number of nitrogens with one attached hydrogen (secondary N) is 2. The van der Waals surface area contributed by atoms with E-state index in [0.29, 0.717) is 5.82 Å². The lowest BCUT2D eigenvalue weighted by Crippen LogP contribution is -2.43. The number of H-pyrrole nitrogens is 1. The molecule has 0 bridgehead atoms. The van der Waals surface area contributed by atoms with E-state index in [1.165, 1.54) is 6.92 Å². The van der Waals surface area contributed by atoms with Crippen LogP contribution in [-0.2, 0) is 5.41 Å². The molecule has 0 radical (unpaired) electrons. The van der Waals surface area contributed by atoms with Gasteiger partial charge in [0.1, 0.15) is 11.4 Å². The van der Waals surface area contributed by atoms with Crippen molar-refractivity contribution in [2.45, 2.75) is 39.0 Å². The van der Waals surface area contributed by atoms with Crippen LogP contribution in [0.3, 0.4) is 0 Å². The summed E-state index contributed by atoms with van der Waals surface area (Å²) in [5, 5.41) is 2.00. The topological polar surface area (TPSA) is 101 Å². The van der Waals surface area contributed by atoms with Gasteiger partial charge in [0.15, 0.2) is 0 Å². The van der Waals surface area contributed by atoms with Crippen molar-refractivity contribution in [3.63, 3.8) is 0 Å². The van der Waals surface area contributed by atoms with Crippen molar-refractivity contribution in [1.82, 2.24) is 15.3 Å². The summed E-state index contributed by atoms with van der Waals surface area (Å²) >= 11 is 0. The van der Waals surface area contributed by atoms with Crippen molar-refractivity contribution in [2.75, 3.05) is 13.1 Å². The summed E-state index contributed by atoms with van der Waals surface area (Å²) in [6.07, 6.45) is 0. The quantitative estimate of drug-likeness (QED) is 0.762. The number of rotatable bonds is 4. The van der Waals surface area contributed by atoms with Crippen LogP contribution in [0.4, 0.5) is 8.78 Å². The zero-order chi connectivity index (χ0) is 16.4. The maximum Gasteiger partial charge on any atom is 0.277 e. The maximum absolute atomic E-state index is 13.0. The number of aryl methyl sites for hydroxylation is 1. The lowest BCUT2D eigenvalue weighted by Gasteiger charge is -2.19. The van der Waals surface area contributed by atoms with Gasteiger partial charge in [-0.25, -0.2) is 13.8 Å². The second-order valence-corrected chi connectivity index (χ2v) is 5.87. The maximum atomic E-state index is 13.0. The third-order valence-electron chi connectivity index (χ3n) is 2.84. The molecule has 1 aromatic rings. The zero-order valence-corrected chi connectivity index (χ0v) is 12.5. The molecule has 0 aliphatic heterocycles. The molecule has 0 aromatic carbocycles. The molecule has 1 aromatic heterocycles. The minimum atomic E-state index is -3.21. The highest BCUT2D eigenvalue weighted by atomic mass is 19.3. The molecule has 4 N–H and O–H groups in total. The first kappa shape index (κ1) is 17.2. The van der Waals surface area contributed by atoms with Gasteiger partial charge in [0.25, 0.3) is 17.4 Å². The van der Waals surface area contributed by atoms with Crippen LogP contribution in [0.5, 0.6) is 0 Å². The number of nitrogens with two attached hydrogens (primary N) is 1. The number of carbonyl (C=O) groups excluding carboxylic acids is 1. The highest BCUT2D eigenvalue weighted by Gasteiger charge is 2.29. The molecule has 0 saturated carbocycles. The van der Waals surface area contributed by atoms with Crippen molar-refractivity contribution in [2.24, 2.45) is 5.73 Å². The minimum absolute atomic E-state index is 0.192. The average Bonchev–Trinajstić information content (AvgIpc) is 2.34. The van der Waals surface area contributed by atoms with Crippen LogP contribution in [-0.4, -0.2) is 34.9 Å². The largest absolute Gasteiger partial charge is 0.346 e. The summed E-state index contributed by atoms with van der Waals surface area (Å²) in [7, 11) is 0. The fraction of sp³-hybridized carbons (Fsp3) is 0.615.